The van der Waals surface area contributed by atoms with E-state index in [-0.39, 0.29) is 17.7 Å². The molecule has 1 aromatic carbocycles. The Labute approximate surface area is 140 Å². The molecule has 1 aliphatic rings. The van der Waals surface area contributed by atoms with Crippen LogP contribution >= 0.6 is 0 Å². The van der Waals surface area contributed by atoms with Crippen molar-refractivity contribution < 1.29 is 14.1 Å². The Morgan fingerprint density at radius 2 is 2.12 bits per heavy atom. The number of amides is 2. The van der Waals surface area contributed by atoms with E-state index >= 15 is 0 Å². The third kappa shape index (κ3) is 3.04. The van der Waals surface area contributed by atoms with Gasteiger partial charge in [0.2, 0.25) is 11.8 Å². The molecule has 0 aliphatic carbocycles. The number of anilines is 2. The first kappa shape index (κ1) is 16.2. The Kier molecular flexibility index (Phi) is 4.38. The van der Waals surface area contributed by atoms with E-state index in [0.717, 1.165) is 22.7 Å². The lowest BCUT2D eigenvalue weighted by molar-refractivity contribution is -0.120. The standard InChI is InChI=1S/C18H21N3O3/c1-11-10-21(16-7-5-4-6-15(16)19-18(11)23)17(22)9-8-14-12(2)20-24-13(14)3/h4-7,11H,8-10H2,1-3H3,(H,19,23)/t11-/m1/s1. The number of nitrogens with one attached hydrogen (secondary N) is 1. The number of aromatic nitrogens is 1. The molecule has 6 nitrogen and oxygen atoms in total. The van der Waals surface area contributed by atoms with E-state index in [2.05, 4.69) is 10.5 Å². The summed E-state index contributed by atoms with van der Waals surface area (Å²) in [5.41, 5.74) is 3.23. The summed E-state index contributed by atoms with van der Waals surface area (Å²) in [6.45, 7) is 5.94. The second-order valence-electron chi connectivity index (χ2n) is 6.21. The van der Waals surface area contributed by atoms with Crippen LogP contribution in [0.25, 0.3) is 0 Å². The van der Waals surface area contributed by atoms with Crippen molar-refractivity contribution in [2.24, 2.45) is 5.92 Å². The smallest absolute Gasteiger partial charge is 0.229 e. The molecule has 1 aliphatic heterocycles. The van der Waals surface area contributed by atoms with Gasteiger partial charge in [-0.1, -0.05) is 24.2 Å². The molecule has 2 amide bonds. The molecule has 0 saturated heterocycles. The molecule has 0 unspecified atom stereocenters. The van der Waals surface area contributed by atoms with Crippen molar-refractivity contribution in [2.75, 3.05) is 16.8 Å². The fourth-order valence-corrected chi connectivity index (χ4v) is 2.99. The van der Waals surface area contributed by atoms with Crippen LogP contribution < -0.4 is 10.2 Å². The van der Waals surface area contributed by atoms with Crippen LogP contribution in [0, 0.1) is 19.8 Å². The van der Waals surface area contributed by atoms with Gasteiger partial charge in [0.05, 0.1) is 23.0 Å². The predicted octanol–water partition coefficient (Wildman–Crippen LogP) is 2.85. The molecule has 24 heavy (non-hydrogen) atoms. The Morgan fingerprint density at radius 3 is 2.83 bits per heavy atom. The second kappa shape index (κ2) is 6.47. The fourth-order valence-electron chi connectivity index (χ4n) is 2.99. The normalized spacial score (nSPS) is 17.2. The number of aryl methyl sites for hydroxylation is 2. The van der Waals surface area contributed by atoms with Crippen molar-refractivity contribution in [2.45, 2.75) is 33.6 Å². The quantitative estimate of drug-likeness (QED) is 0.940. The first-order valence-electron chi connectivity index (χ1n) is 8.09. The molecular formula is C18H21N3O3. The van der Waals surface area contributed by atoms with E-state index in [1.54, 1.807) is 4.90 Å². The number of carbonyl (C=O) groups is 2. The van der Waals surface area contributed by atoms with Crippen molar-refractivity contribution in [3.63, 3.8) is 0 Å². The van der Waals surface area contributed by atoms with Gasteiger partial charge in [-0.2, -0.15) is 0 Å². The lowest BCUT2D eigenvalue weighted by Gasteiger charge is -2.23. The Bertz CT molecular complexity index is 762. The van der Waals surface area contributed by atoms with Crippen molar-refractivity contribution in [3.05, 3.63) is 41.3 Å². The number of hydrogen-bond donors (Lipinski definition) is 1. The molecule has 2 heterocycles. The van der Waals surface area contributed by atoms with Crippen LogP contribution in [-0.2, 0) is 16.0 Å². The molecule has 0 bridgehead atoms. The van der Waals surface area contributed by atoms with Gasteiger partial charge in [-0.3, -0.25) is 9.59 Å². The van der Waals surface area contributed by atoms with Crippen LogP contribution in [-0.4, -0.2) is 23.5 Å². The summed E-state index contributed by atoms with van der Waals surface area (Å²) in [4.78, 5) is 26.6. The molecule has 1 aromatic heterocycles. The van der Waals surface area contributed by atoms with Gasteiger partial charge >= 0.3 is 0 Å². The van der Waals surface area contributed by atoms with Gasteiger partial charge in [-0.15, -0.1) is 0 Å². The van der Waals surface area contributed by atoms with Gasteiger partial charge in [0.25, 0.3) is 0 Å². The first-order valence-corrected chi connectivity index (χ1v) is 8.09. The molecule has 0 saturated carbocycles. The van der Waals surface area contributed by atoms with Gasteiger partial charge in [-0.05, 0) is 32.4 Å². The summed E-state index contributed by atoms with van der Waals surface area (Å²) in [6, 6.07) is 7.40. The predicted molar refractivity (Wildman–Crippen MR) is 90.9 cm³/mol. The summed E-state index contributed by atoms with van der Waals surface area (Å²) < 4.78 is 5.15. The SMILES string of the molecule is Cc1noc(C)c1CCC(=O)N1C[C@@H](C)C(=O)Nc2ccccc21. The monoisotopic (exact) mass is 327 g/mol. The lowest BCUT2D eigenvalue weighted by Crippen LogP contribution is -2.36. The molecule has 6 heteroatoms. The molecule has 3 rings (SSSR count). The van der Waals surface area contributed by atoms with Crippen molar-refractivity contribution in [1.82, 2.24) is 5.16 Å². The average molecular weight is 327 g/mol. The van der Waals surface area contributed by atoms with Crippen molar-refractivity contribution in [3.8, 4) is 0 Å². The van der Waals surface area contributed by atoms with E-state index in [1.807, 2.05) is 45.0 Å². The number of para-hydroxylation sites is 2. The fraction of sp³-hybridized carbons (Fsp3) is 0.389. The maximum atomic E-state index is 12.8. The van der Waals surface area contributed by atoms with Gasteiger partial charge in [-0.25, -0.2) is 0 Å². The summed E-state index contributed by atoms with van der Waals surface area (Å²) in [7, 11) is 0. The lowest BCUT2D eigenvalue weighted by atomic mass is 10.1. The van der Waals surface area contributed by atoms with Crippen LogP contribution in [0.1, 0.15) is 30.4 Å². The van der Waals surface area contributed by atoms with Crippen molar-refractivity contribution in [1.29, 1.82) is 0 Å². The highest BCUT2D eigenvalue weighted by atomic mass is 16.5. The molecule has 1 atom stereocenters. The summed E-state index contributed by atoms with van der Waals surface area (Å²) in [6.07, 6.45) is 0.923. The highest BCUT2D eigenvalue weighted by molar-refractivity contribution is 6.04. The topological polar surface area (TPSA) is 75.4 Å². The van der Waals surface area contributed by atoms with Crippen LogP contribution in [0.3, 0.4) is 0 Å². The number of nitrogens with zero attached hydrogens (tertiary/aromatic N) is 2. The maximum Gasteiger partial charge on any atom is 0.229 e. The number of carbonyl (C=O) groups excluding carboxylic acids is 2. The molecule has 1 N–H and O–H groups in total. The van der Waals surface area contributed by atoms with E-state index in [9.17, 15) is 9.59 Å². The van der Waals surface area contributed by atoms with E-state index in [0.29, 0.717) is 25.1 Å². The Hall–Kier alpha value is -2.63. The highest BCUT2D eigenvalue weighted by Crippen LogP contribution is 2.30. The largest absolute Gasteiger partial charge is 0.361 e. The number of rotatable bonds is 3. The maximum absolute atomic E-state index is 12.8. The van der Waals surface area contributed by atoms with Crippen LogP contribution in [0.2, 0.25) is 0 Å². The number of benzene rings is 1. The molecular weight excluding hydrogens is 306 g/mol. The minimum Gasteiger partial charge on any atom is -0.361 e. The van der Waals surface area contributed by atoms with Gasteiger partial charge in [0.1, 0.15) is 5.76 Å². The van der Waals surface area contributed by atoms with Crippen LogP contribution in [0.15, 0.2) is 28.8 Å². The van der Waals surface area contributed by atoms with E-state index < -0.39 is 0 Å². The minimum absolute atomic E-state index is 0.00852. The van der Waals surface area contributed by atoms with E-state index in [4.69, 9.17) is 4.52 Å². The first-order chi connectivity index (χ1) is 11.5. The van der Waals surface area contributed by atoms with Gasteiger partial charge < -0.3 is 14.7 Å². The minimum atomic E-state index is -0.264. The number of hydrogen-bond acceptors (Lipinski definition) is 4. The van der Waals surface area contributed by atoms with Crippen LogP contribution in [0.4, 0.5) is 11.4 Å². The van der Waals surface area contributed by atoms with Gasteiger partial charge in [0, 0.05) is 18.5 Å². The average Bonchev–Trinajstić information content (AvgIpc) is 2.82. The zero-order valence-electron chi connectivity index (χ0n) is 14.1. The molecule has 2 aromatic rings. The summed E-state index contributed by atoms with van der Waals surface area (Å²) in [5.74, 6) is 0.413. The molecule has 0 fully saturated rings. The van der Waals surface area contributed by atoms with Crippen molar-refractivity contribution >= 4 is 23.2 Å². The zero-order valence-corrected chi connectivity index (χ0v) is 14.1. The molecule has 126 valence electrons. The second-order valence-corrected chi connectivity index (χ2v) is 6.21. The highest BCUT2D eigenvalue weighted by Gasteiger charge is 2.28. The Morgan fingerprint density at radius 1 is 1.38 bits per heavy atom. The molecule has 0 spiro atoms. The third-order valence-corrected chi connectivity index (χ3v) is 4.43. The van der Waals surface area contributed by atoms with Gasteiger partial charge in [0.15, 0.2) is 0 Å². The zero-order chi connectivity index (χ0) is 17.3. The number of fused-ring (bicyclic) bond motifs is 1. The van der Waals surface area contributed by atoms with E-state index in [1.165, 1.54) is 0 Å². The third-order valence-electron chi connectivity index (χ3n) is 4.43. The molecule has 0 radical (unpaired) electrons. The Balaban J connectivity index is 1.82. The summed E-state index contributed by atoms with van der Waals surface area (Å²) in [5, 5.41) is 6.81. The summed E-state index contributed by atoms with van der Waals surface area (Å²) >= 11 is 0. The van der Waals surface area contributed by atoms with Crippen LogP contribution in [0.5, 0.6) is 0 Å².